The maximum absolute atomic E-state index is 13.5. The SMILES string of the molecule is COCC12CCN(C(=O)c3ccc(C)s3)CC1CN(c1ccc(C#N)c(C(F)(F)F)c1)C2. The second kappa shape index (κ2) is 8.41. The molecule has 0 bridgehead atoms. The van der Waals surface area contributed by atoms with E-state index >= 15 is 0 Å². The molecule has 2 fully saturated rings. The maximum atomic E-state index is 13.5. The van der Waals surface area contributed by atoms with Gasteiger partial charge in [-0.2, -0.15) is 18.4 Å². The summed E-state index contributed by atoms with van der Waals surface area (Å²) in [6.07, 6.45) is -3.87. The Morgan fingerprint density at radius 1 is 1.31 bits per heavy atom. The van der Waals surface area contributed by atoms with E-state index in [1.807, 2.05) is 28.9 Å². The number of likely N-dealkylation sites (tertiary alicyclic amines) is 1. The van der Waals surface area contributed by atoms with E-state index in [1.165, 1.54) is 17.4 Å². The van der Waals surface area contributed by atoms with Crippen molar-refractivity contribution in [2.75, 3.05) is 44.8 Å². The third kappa shape index (κ3) is 4.09. The van der Waals surface area contributed by atoms with E-state index in [4.69, 9.17) is 10.00 Å². The summed E-state index contributed by atoms with van der Waals surface area (Å²) in [6, 6.07) is 9.27. The standard InChI is InChI=1S/C23H24F3N3O2S/c1-15-3-6-20(32-15)21(30)28-8-7-22(14-31-2)13-29(12-17(22)11-28)18-5-4-16(10-27)19(9-18)23(24,25)26/h3-6,9,17H,7-8,11-14H2,1-2H3. The number of amides is 1. The molecule has 1 aromatic heterocycles. The van der Waals surface area contributed by atoms with Crippen LogP contribution in [0.25, 0.3) is 0 Å². The monoisotopic (exact) mass is 463 g/mol. The van der Waals surface area contributed by atoms with Crippen LogP contribution < -0.4 is 4.90 Å². The quantitative estimate of drug-likeness (QED) is 0.667. The number of nitriles is 1. The number of hydrogen-bond acceptors (Lipinski definition) is 5. The molecule has 2 aliphatic heterocycles. The number of methoxy groups -OCH3 is 1. The molecule has 2 unspecified atom stereocenters. The number of fused-ring (bicyclic) bond motifs is 1. The van der Waals surface area contributed by atoms with Gasteiger partial charge in [0.1, 0.15) is 0 Å². The molecular formula is C23H24F3N3O2S. The molecule has 0 spiro atoms. The van der Waals surface area contributed by atoms with E-state index in [0.29, 0.717) is 43.4 Å². The summed E-state index contributed by atoms with van der Waals surface area (Å²) in [7, 11) is 1.63. The minimum atomic E-state index is -4.60. The molecule has 170 valence electrons. The fraction of sp³-hybridized carbons (Fsp3) is 0.478. The van der Waals surface area contributed by atoms with Crippen LogP contribution in [0.15, 0.2) is 30.3 Å². The molecule has 0 N–H and O–H groups in total. The number of halogens is 3. The highest BCUT2D eigenvalue weighted by atomic mass is 32.1. The van der Waals surface area contributed by atoms with Gasteiger partial charge < -0.3 is 14.5 Å². The Morgan fingerprint density at radius 2 is 2.09 bits per heavy atom. The van der Waals surface area contributed by atoms with Crippen LogP contribution in [0.4, 0.5) is 18.9 Å². The van der Waals surface area contributed by atoms with Crippen molar-refractivity contribution in [3.8, 4) is 6.07 Å². The summed E-state index contributed by atoms with van der Waals surface area (Å²) >= 11 is 1.47. The van der Waals surface area contributed by atoms with Crippen molar-refractivity contribution in [1.29, 1.82) is 5.26 Å². The van der Waals surface area contributed by atoms with Gasteiger partial charge >= 0.3 is 6.18 Å². The summed E-state index contributed by atoms with van der Waals surface area (Å²) in [5.74, 6) is 0.0801. The zero-order chi connectivity index (χ0) is 23.1. The van der Waals surface area contributed by atoms with E-state index in [2.05, 4.69) is 0 Å². The normalized spacial score (nSPS) is 23.2. The molecule has 5 nitrogen and oxygen atoms in total. The van der Waals surface area contributed by atoms with Crippen molar-refractivity contribution < 1.29 is 22.7 Å². The fourth-order valence-electron chi connectivity index (χ4n) is 4.95. The average Bonchev–Trinajstić information content (AvgIpc) is 3.35. The lowest BCUT2D eigenvalue weighted by atomic mass is 9.73. The van der Waals surface area contributed by atoms with Gasteiger partial charge in [-0.15, -0.1) is 11.3 Å². The van der Waals surface area contributed by atoms with Crippen molar-refractivity contribution in [3.05, 3.63) is 51.2 Å². The molecule has 1 amide bonds. The van der Waals surface area contributed by atoms with Crippen LogP contribution in [0.3, 0.4) is 0 Å². The number of piperidine rings is 1. The lowest BCUT2D eigenvalue weighted by Gasteiger charge is -2.42. The first-order valence-corrected chi connectivity index (χ1v) is 11.2. The minimum absolute atomic E-state index is 0.00491. The topological polar surface area (TPSA) is 56.6 Å². The molecule has 0 saturated carbocycles. The number of hydrogen-bond donors (Lipinski definition) is 0. The molecule has 2 saturated heterocycles. The third-order valence-corrected chi connectivity index (χ3v) is 7.59. The number of benzene rings is 1. The summed E-state index contributed by atoms with van der Waals surface area (Å²) < 4.78 is 45.9. The maximum Gasteiger partial charge on any atom is 0.417 e. The van der Waals surface area contributed by atoms with Crippen LogP contribution in [-0.4, -0.2) is 50.7 Å². The predicted molar refractivity (Wildman–Crippen MR) is 116 cm³/mol. The van der Waals surface area contributed by atoms with Gasteiger partial charge in [0.25, 0.3) is 5.91 Å². The smallest absolute Gasteiger partial charge is 0.384 e. The first-order valence-electron chi connectivity index (χ1n) is 10.4. The van der Waals surface area contributed by atoms with Gasteiger partial charge in [0.15, 0.2) is 0 Å². The molecule has 0 aliphatic carbocycles. The van der Waals surface area contributed by atoms with Crippen LogP contribution in [0, 0.1) is 29.6 Å². The van der Waals surface area contributed by atoms with Crippen molar-refractivity contribution in [2.24, 2.45) is 11.3 Å². The Labute approximate surface area is 189 Å². The van der Waals surface area contributed by atoms with E-state index < -0.39 is 11.7 Å². The number of ether oxygens (including phenoxy) is 1. The molecule has 2 atom stereocenters. The van der Waals surface area contributed by atoms with Gasteiger partial charge in [-0.1, -0.05) is 0 Å². The molecule has 3 heterocycles. The summed E-state index contributed by atoms with van der Waals surface area (Å²) in [5.41, 5.74) is -1.10. The fourth-order valence-corrected chi connectivity index (χ4v) is 5.79. The van der Waals surface area contributed by atoms with Crippen molar-refractivity contribution >= 4 is 22.9 Å². The molecule has 32 heavy (non-hydrogen) atoms. The number of carbonyl (C=O) groups excluding carboxylic acids is 1. The van der Waals surface area contributed by atoms with Crippen LogP contribution in [0.5, 0.6) is 0 Å². The first kappa shape index (κ1) is 22.6. The average molecular weight is 464 g/mol. The molecule has 1 aromatic carbocycles. The van der Waals surface area contributed by atoms with Crippen molar-refractivity contribution in [1.82, 2.24) is 4.90 Å². The molecule has 0 radical (unpaired) electrons. The highest BCUT2D eigenvalue weighted by Gasteiger charge is 2.50. The highest BCUT2D eigenvalue weighted by Crippen LogP contribution is 2.45. The van der Waals surface area contributed by atoms with E-state index in [9.17, 15) is 18.0 Å². The largest absolute Gasteiger partial charge is 0.417 e. The van der Waals surface area contributed by atoms with Crippen LogP contribution in [0.2, 0.25) is 0 Å². The zero-order valence-corrected chi connectivity index (χ0v) is 18.7. The third-order valence-electron chi connectivity index (χ3n) is 6.60. The van der Waals surface area contributed by atoms with Gasteiger partial charge in [0.2, 0.25) is 0 Å². The van der Waals surface area contributed by atoms with Gasteiger partial charge in [0, 0.05) is 55.2 Å². The molecular weight excluding hydrogens is 439 g/mol. The van der Waals surface area contributed by atoms with E-state index in [1.54, 1.807) is 19.2 Å². The van der Waals surface area contributed by atoms with E-state index in [0.717, 1.165) is 17.4 Å². The number of aryl methyl sites for hydroxylation is 1. The van der Waals surface area contributed by atoms with Gasteiger partial charge in [-0.25, -0.2) is 0 Å². The summed E-state index contributed by atoms with van der Waals surface area (Å²) in [5, 5.41) is 9.08. The highest BCUT2D eigenvalue weighted by molar-refractivity contribution is 7.13. The lowest BCUT2D eigenvalue weighted by Crippen LogP contribution is -2.50. The molecule has 4 rings (SSSR count). The van der Waals surface area contributed by atoms with Gasteiger partial charge in [-0.3, -0.25) is 4.79 Å². The summed E-state index contributed by atoms with van der Waals surface area (Å²) in [4.78, 5) is 18.5. The van der Waals surface area contributed by atoms with E-state index in [-0.39, 0.29) is 22.8 Å². The van der Waals surface area contributed by atoms with Crippen molar-refractivity contribution in [3.63, 3.8) is 0 Å². The van der Waals surface area contributed by atoms with Crippen LogP contribution in [-0.2, 0) is 10.9 Å². The predicted octanol–water partition coefficient (Wildman–Crippen LogP) is 4.56. The van der Waals surface area contributed by atoms with Gasteiger partial charge in [0.05, 0.1) is 28.7 Å². The van der Waals surface area contributed by atoms with Crippen LogP contribution in [0.1, 0.15) is 32.1 Å². The molecule has 2 aromatic rings. The first-order chi connectivity index (χ1) is 15.2. The minimum Gasteiger partial charge on any atom is -0.384 e. The Balaban J connectivity index is 1.59. The number of thiophene rings is 1. The van der Waals surface area contributed by atoms with Gasteiger partial charge in [-0.05, 0) is 43.7 Å². The number of carbonyl (C=O) groups is 1. The van der Waals surface area contributed by atoms with Crippen LogP contribution >= 0.6 is 11.3 Å². The Hall–Kier alpha value is -2.57. The number of nitrogens with zero attached hydrogens (tertiary/aromatic N) is 3. The number of anilines is 1. The zero-order valence-electron chi connectivity index (χ0n) is 17.9. The Kier molecular flexibility index (Phi) is 5.94. The molecule has 9 heteroatoms. The van der Waals surface area contributed by atoms with Crippen molar-refractivity contribution in [2.45, 2.75) is 19.5 Å². The molecule has 2 aliphatic rings. The lowest BCUT2D eigenvalue weighted by molar-refractivity contribution is -0.137. The number of rotatable bonds is 4. The Bertz CT molecular complexity index is 1060. The summed E-state index contributed by atoms with van der Waals surface area (Å²) in [6.45, 7) is 4.65. The Morgan fingerprint density at radius 3 is 2.72 bits per heavy atom. The number of alkyl halides is 3. The second-order valence-corrected chi connectivity index (χ2v) is 9.91. The second-order valence-electron chi connectivity index (χ2n) is 8.62.